The average molecular weight is 362 g/mol. The van der Waals surface area contributed by atoms with Gasteiger partial charge in [0.25, 0.3) is 0 Å². The second-order valence-electron chi connectivity index (χ2n) is 6.23. The number of rotatable bonds is 4. The Hall–Kier alpha value is -3.34. The SMILES string of the molecule is COc1ccc(-c2nc3ccccc3c(-n3cccc3C)c2F)cc1OC. The maximum Gasteiger partial charge on any atom is 0.174 e. The monoisotopic (exact) mass is 362 g/mol. The number of para-hydroxylation sites is 1. The van der Waals surface area contributed by atoms with Gasteiger partial charge in [-0.2, -0.15) is 0 Å². The molecule has 136 valence electrons. The van der Waals surface area contributed by atoms with Gasteiger partial charge in [0, 0.05) is 22.8 Å². The lowest BCUT2D eigenvalue weighted by Gasteiger charge is -2.15. The quantitative estimate of drug-likeness (QED) is 0.503. The highest BCUT2D eigenvalue weighted by Crippen LogP contribution is 2.36. The molecule has 0 fully saturated rings. The highest BCUT2D eigenvalue weighted by Gasteiger charge is 2.19. The Labute approximate surface area is 156 Å². The van der Waals surface area contributed by atoms with Crippen molar-refractivity contribution in [2.24, 2.45) is 0 Å². The van der Waals surface area contributed by atoms with Crippen molar-refractivity contribution < 1.29 is 13.9 Å². The van der Waals surface area contributed by atoms with Crippen LogP contribution in [0.5, 0.6) is 11.5 Å². The molecule has 0 N–H and O–H groups in total. The highest BCUT2D eigenvalue weighted by atomic mass is 19.1. The Morgan fingerprint density at radius 1 is 0.926 bits per heavy atom. The first-order chi connectivity index (χ1) is 13.1. The summed E-state index contributed by atoms with van der Waals surface area (Å²) in [5.41, 5.74) is 3.07. The standard InChI is InChI=1S/C22H19FN2O2/c1-14-7-6-12-25(14)22-16-8-4-5-9-17(16)24-21(20(22)23)15-10-11-18(26-2)19(13-15)27-3/h4-13H,1-3H3. The van der Waals surface area contributed by atoms with Crippen LogP contribution >= 0.6 is 0 Å². The van der Waals surface area contributed by atoms with Crippen LogP contribution in [0.25, 0.3) is 27.8 Å². The average Bonchev–Trinajstić information content (AvgIpc) is 3.12. The second-order valence-corrected chi connectivity index (χ2v) is 6.23. The van der Waals surface area contributed by atoms with E-state index in [-0.39, 0.29) is 11.5 Å². The van der Waals surface area contributed by atoms with E-state index >= 15 is 4.39 Å². The van der Waals surface area contributed by atoms with E-state index in [1.54, 1.807) is 32.4 Å². The molecule has 4 aromatic rings. The largest absolute Gasteiger partial charge is 0.493 e. The summed E-state index contributed by atoms with van der Waals surface area (Å²) in [4.78, 5) is 4.59. The van der Waals surface area contributed by atoms with Crippen molar-refractivity contribution in [1.82, 2.24) is 9.55 Å². The number of hydrogen-bond acceptors (Lipinski definition) is 3. The molecule has 0 spiro atoms. The summed E-state index contributed by atoms with van der Waals surface area (Å²) in [6, 6.07) is 16.7. The van der Waals surface area contributed by atoms with Gasteiger partial charge in [0.05, 0.1) is 25.4 Å². The van der Waals surface area contributed by atoms with Crippen molar-refractivity contribution >= 4 is 10.9 Å². The maximum absolute atomic E-state index is 15.7. The van der Waals surface area contributed by atoms with E-state index in [9.17, 15) is 0 Å². The fraction of sp³-hybridized carbons (Fsp3) is 0.136. The Morgan fingerprint density at radius 2 is 1.70 bits per heavy atom. The molecule has 5 heteroatoms. The minimum absolute atomic E-state index is 0.276. The first-order valence-electron chi connectivity index (χ1n) is 8.59. The van der Waals surface area contributed by atoms with Gasteiger partial charge in [-0.25, -0.2) is 9.37 Å². The molecular weight excluding hydrogens is 343 g/mol. The molecule has 0 bridgehead atoms. The summed E-state index contributed by atoms with van der Waals surface area (Å²) in [6.07, 6.45) is 1.86. The number of methoxy groups -OCH3 is 2. The van der Waals surface area contributed by atoms with Crippen LogP contribution in [0.4, 0.5) is 4.39 Å². The zero-order valence-corrected chi connectivity index (χ0v) is 15.4. The van der Waals surface area contributed by atoms with Gasteiger partial charge in [-0.3, -0.25) is 0 Å². The first-order valence-corrected chi connectivity index (χ1v) is 8.59. The number of ether oxygens (including phenoxy) is 2. The van der Waals surface area contributed by atoms with Gasteiger partial charge in [-0.05, 0) is 43.3 Å². The normalized spacial score (nSPS) is 11.0. The molecule has 27 heavy (non-hydrogen) atoms. The van der Waals surface area contributed by atoms with Crippen LogP contribution in [-0.4, -0.2) is 23.8 Å². The van der Waals surface area contributed by atoms with E-state index in [4.69, 9.17) is 9.47 Å². The third kappa shape index (κ3) is 2.81. The minimum Gasteiger partial charge on any atom is -0.493 e. The van der Waals surface area contributed by atoms with Gasteiger partial charge in [0.15, 0.2) is 17.3 Å². The number of aromatic nitrogens is 2. The van der Waals surface area contributed by atoms with Crippen LogP contribution in [0.1, 0.15) is 5.69 Å². The molecule has 0 radical (unpaired) electrons. The van der Waals surface area contributed by atoms with Crippen LogP contribution < -0.4 is 9.47 Å². The summed E-state index contributed by atoms with van der Waals surface area (Å²) in [6.45, 7) is 1.95. The fourth-order valence-corrected chi connectivity index (χ4v) is 3.30. The molecule has 2 aromatic heterocycles. The first kappa shape index (κ1) is 17.1. The van der Waals surface area contributed by atoms with Gasteiger partial charge < -0.3 is 14.0 Å². The fourth-order valence-electron chi connectivity index (χ4n) is 3.30. The van der Waals surface area contributed by atoms with E-state index in [2.05, 4.69) is 4.98 Å². The van der Waals surface area contributed by atoms with Crippen LogP contribution in [0.3, 0.4) is 0 Å². The van der Waals surface area contributed by atoms with Crippen molar-refractivity contribution in [3.05, 3.63) is 72.3 Å². The molecule has 0 saturated carbocycles. The molecule has 0 atom stereocenters. The molecule has 4 rings (SSSR count). The zero-order chi connectivity index (χ0) is 19.0. The van der Waals surface area contributed by atoms with Crippen LogP contribution in [0, 0.1) is 12.7 Å². The summed E-state index contributed by atoms with van der Waals surface area (Å²) < 4.78 is 28.2. The van der Waals surface area contributed by atoms with Gasteiger partial charge in [0.1, 0.15) is 5.69 Å². The predicted molar refractivity (Wildman–Crippen MR) is 104 cm³/mol. The molecule has 0 aliphatic rings. The minimum atomic E-state index is -0.375. The summed E-state index contributed by atoms with van der Waals surface area (Å²) in [5.74, 6) is 0.743. The zero-order valence-electron chi connectivity index (χ0n) is 15.4. The maximum atomic E-state index is 15.7. The molecule has 0 aliphatic heterocycles. The molecule has 0 amide bonds. The van der Waals surface area contributed by atoms with Crippen LogP contribution in [0.15, 0.2) is 60.8 Å². The van der Waals surface area contributed by atoms with E-state index < -0.39 is 0 Å². The number of benzene rings is 2. The van der Waals surface area contributed by atoms with Crippen molar-refractivity contribution in [3.8, 4) is 28.4 Å². The number of fused-ring (bicyclic) bond motifs is 1. The molecule has 0 aliphatic carbocycles. The number of hydrogen-bond donors (Lipinski definition) is 0. The topological polar surface area (TPSA) is 36.3 Å². The third-order valence-electron chi connectivity index (χ3n) is 4.66. The Morgan fingerprint density at radius 3 is 2.41 bits per heavy atom. The van der Waals surface area contributed by atoms with Gasteiger partial charge in [-0.15, -0.1) is 0 Å². The van der Waals surface area contributed by atoms with E-state index in [0.29, 0.717) is 22.7 Å². The molecule has 0 saturated heterocycles. The second kappa shape index (κ2) is 6.76. The molecule has 2 aromatic carbocycles. The molecular formula is C22H19FN2O2. The lowest BCUT2D eigenvalue weighted by Crippen LogP contribution is -2.04. The van der Waals surface area contributed by atoms with E-state index in [1.807, 2.05) is 54.1 Å². The number of pyridine rings is 1. The summed E-state index contributed by atoms with van der Waals surface area (Å²) in [7, 11) is 3.12. The predicted octanol–water partition coefficient (Wildman–Crippen LogP) is 5.16. The summed E-state index contributed by atoms with van der Waals surface area (Å²) >= 11 is 0. The molecule has 0 unspecified atom stereocenters. The van der Waals surface area contributed by atoms with Gasteiger partial charge in [0.2, 0.25) is 0 Å². The van der Waals surface area contributed by atoms with Crippen molar-refractivity contribution in [1.29, 1.82) is 0 Å². The van der Waals surface area contributed by atoms with Gasteiger partial charge in [-0.1, -0.05) is 18.2 Å². The summed E-state index contributed by atoms with van der Waals surface area (Å²) in [5, 5.41) is 0.763. The number of halogens is 1. The molecule has 2 heterocycles. The van der Waals surface area contributed by atoms with Crippen molar-refractivity contribution in [2.75, 3.05) is 14.2 Å². The smallest absolute Gasteiger partial charge is 0.174 e. The van der Waals surface area contributed by atoms with Crippen LogP contribution in [0.2, 0.25) is 0 Å². The van der Waals surface area contributed by atoms with E-state index in [1.165, 1.54) is 0 Å². The van der Waals surface area contributed by atoms with Crippen molar-refractivity contribution in [2.45, 2.75) is 6.92 Å². The third-order valence-corrected chi connectivity index (χ3v) is 4.66. The number of nitrogens with zero attached hydrogens (tertiary/aromatic N) is 2. The van der Waals surface area contributed by atoms with E-state index in [0.717, 1.165) is 16.6 Å². The Bertz CT molecular complexity index is 1130. The Kier molecular flexibility index (Phi) is 4.28. The number of aryl methyl sites for hydroxylation is 1. The molecule has 4 nitrogen and oxygen atoms in total. The Balaban J connectivity index is 2.03. The van der Waals surface area contributed by atoms with Crippen molar-refractivity contribution in [3.63, 3.8) is 0 Å². The van der Waals surface area contributed by atoms with Gasteiger partial charge >= 0.3 is 0 Å². The lowest BCUT2D eigenvalue weighted by atomic mass is 10.1. The van der Waals surface area contributed by atoms with Crippen LogP contribution in [-0.2, 0) is 0 Å². The highest BCUT2D eigenvalue weighted by molar-refractivity contribution is 5.90. The lowest BCUT2D eigenvalue weighted by molar-refractivity contribution is 0.355.